The molecule has 1 unspecified atom stereocenters. The first-order valence-electron chi connectivity index (χ1n) is 6.77. The second kappa shape index (κ2) is 6.90. The number of hydrogen-bond acceptors (Lipinski definition) is 3. The third kappa shape index (κ3) is 3.91. The standard InChI is InChI=1S/C14H22O2S/c1-2-3-4-5-6-7-8-12-11-15-14-13(16-12)9-10-17-14/h9-10,12H,2-8,11H2,1H3. The first-order chi connectivity index (χ1) is 8.40. The van der Waals surface area contributed by atoms with Crippen LogP contribution in [-0.2, 0) is 0 Å². The van der Waals surface area contributed by atoms with E-state index in [1.807, 2.05) is 11.4 Å². The summed E-state index contributed by atoms with van der Waals surface area (Å²) < 4.78 is 11.6. The molecule has 0 amide bonds. The largest absolute Gasteiger partial charge is 0.482 e. The highest BCUT2D eigenvalue weighted by Crippen LogP contribution is 2.37. The molecule has 1 atom stereocenters. The van der Waals surface area contributed by atoms with Crippen LogP contribution in [0.1, 0.15) is 51.9 Å². The molecule has 0 saturated heterocycles. The molecule has 0 aliphatic carbocycles. The lowest BCUT2D eigenvalue weighted by Crippen LogP contribution is -2.28. The first-order valence-corrected chi connectivity index (χ1v) is 7.65. The van der Waals surface area contributed by atoms with E-state index in [9.17, 15) is 0 Å². The number of rotatable bonds is 7. The van der Waals surface area contributed by atoms with Gasteiger partial charge in [0.1, 0.15) is 12.7 Å². The third-order valence-corrected chi connectivity index (χ3v) is 3.97. The molecule has 2 nitrogen and oxygen atoms in total. The summed E-state index contributed by atoms with van der Waals surface area (Å²) in [5.74, 6) is 0.942. The molecule has 96 valence electrons. The lowest BCUT2D eigenvalue weighted by molar-refractivity contribution is 0.0871. The van der Waals surface area contributed by atoms with Crippen LogP contribution in [0.3, 0.4) is 0 Å². The Morgan fingerprint density at radius 3 is 2.94 bits per heavy atom. The van der Waals surface area contributed by atoms with Gasteiger partial charge in [-0.3, -0.25) is 0 Å². The van der Waals surface area contributed by atoms with E-state index in [0.717, 1.165) is 23.8 Å². The maximum Gasteiger partial charge on any atom is 0.217 e. The molecule has 2 rings (SSSR count). The van der Waals surface area contributed by atoms with Crippen LogP contribution in [0.4, 0.5) is 0 Å². The molecule has 17 heavy (non-hydrogen) atoms. The molecule has 0 saturated carbocycles. The van der Waals surface area contributed by atoms with Gasteiger partial charge in [0.15, 0.2) is 5.75 Å². The summed E-state index contributed by atoms with van der Waals surface area (Å²) in [5, 5.41) is 2.97. The van der Waals surface area contributed by atoms with E-state index < -0.39 is 0 Å². The number of ether oxygens (including phenoxy) is 2. The highest BCUT2D eigenvalue weighted by Gasteiger charge is 2.21. The molecular formula is C14H22O2S. The fourth-order valence-corrected chi connectivity index (χ4v) is 2.84. The van der Waals surface area contributed by atoms with E-state index in [2.05, 4.69) is 6.92 Å². The van der Waals surface area contributed by atoms with Gasteiger partial charge in [0.2, 0.25) is 5.06 Å². The van der Waals surface area contributed by atoms with Crippen molar-refractivity contribution in [2.45, 2.75) is 58.0 Å². The fourth-order valence-electron chi connectivity index (χ4n) is 2.15. The van der Waals surface area contributed by atoms with Gasteiger partial charge in [-0.1, -0.05) is 39.0 Å². The monoisotopic (exact) mass is 254 g/mol. The number of fused-ring (bicyclic) bond motifs is 1. The van der Waals surface area contributed by atoms with Crippen molar-refractivity contribution in [1.82, 2.24) is 0 Å². The molecule has 3 heteroatoms. The van der Waals surface area contributed by atoms with E-state index >= 15 is 0 Å². The van der Waals surface area contributed by atoms with Crippen LogP contribution in [0.25, 0.3) is 0 Å². The van der Waals surface area contributed by atoms with E-state index in [1.165, 1.54) is 38.5 Å². The lowest BCUT2D eigenvalue weighted by Gasteiger charge is -2.24. The van der Waals surface area contributed by atoms with Gasteiger partial charge in [-0.05, 0) is 24.3 Å². The Labute approximate surface area is 108 Å². The second-order valence-electron chi connectivity index (χ2n) is 4.68. The Morgan fingerprint density at radius 2 is 2.06 bits per heavy atom. The molecule has 0 bridgehead atoms. The fraction of sp³-hybridized carbons (Fsp3) is 0.714. The van der Waals surface area contributed by atoms with E-state index in [1.54, 1.807) is 11.3 Å². The Hall–Kier alpha value is -0.700. The maximum absolute atomic E-state index is 5.89. The van der Waals surface area contributed by atoms with Crippen molar-refractivity contribution >= 4 is 11.3 Å². The summed E-state index contributed by atoms with van der Waals surface area (Å²) >= 11 is 1.62. The lowest BCUT2D eigenvalue weighted by atomic mass is 10.1. The zero-order chi connectivity index (χ0) is 11.9. The average molecular weight is 254 g/mol. The highest BCUT2D eigenvalue weighted by atomic mass is 32.1. The molecule has 1 aliphatic rings. The Bertz CT molecular complexity index is 322. The normalized spacial score (nSPS) is 18.3. The third-order valence-electron chi connectivity index (χ3n) is 3.17. The molecule has 1 aromatic heterocycles. The van der Waals surface area contributed by atoms with Crippen LogP contribution < -0.4 is 9.47 Å². The minimum Gasteiger partial charge on any atom is -0.482 e. The van der Waals surface area contributed by atoms with Gasteiger partial charge in [0.05, 0.1) is 0 Å². The van der Waals surface area contributed by atoms with Gasteiger partial charge in [-0.25, -0.2) is 0 Å². The topological polar surface area (TPSA) is 18.5 Å². The Morgan fingerprint density at radius 1 is 1.24 bits per heavy atom. The molecule has 1 aliphatic heterocycles. The van der Waals surface area contributed by atoms with Crippen molar-refractivity contribution in [3.05, 3.63) is 11.4 Å². The van der Waals surface area contributed by atoms with Crippen LogP contribution in [0.15, 0.2) is 11.4 Å². The molecule has 0 radical (unpaired) electrons. The van der Waals surface area contributed by atoms with Gasteiger partial charge in [-0.15, -0.1) is 11.3 Å². The molecule has 2 heterocycles. The van der Waals surface area contributed by atoms with Crippen molar-refractivity contribution in [3.8, 4) is 10.8 Å². The summed E-state index contributed by atoms with van der Waals surface area (Å²) in [6, 6.07) is 2.01. The van der Waals surface area contributed by atoms with E-state index in [0.29, 0.717) is 0 Å². The van der Waals surface area contributed by atoms with Crippen LogP contribution in [0.5, 0.6) is 10.8 Å². The SMILES string of the molecule is CCCCCCCCC1COc2sccc2O1. The first kappa shape index (κ1) is 12.7. The van der Waals surface area contributed by atoms with Crippen molar-refractivity contribution < 1.29 is 9.47 Å². The van der Waals surface area contributed by atoms with Crippen molar-refractivity contribution in [2.75, 3.05) is 6.61 Å². The molecule has 0 fully saturated rings. The molecule has 1 aromatic rings. The quantitative estimate of drug-likeness (QED) is 0.660. The van der Waals surface area contributed by atoms with Gasteiger partial charge in [0.25, 0.3) is 0 Å². The molecule has 0 aromatic carbocycles. The Kier molecular flexibility index (Phi) is 5.17. The number of thiophene rings is 1. The second-order valence-corrected chi connectivity index (χ2v) is 5.56. The molecule has 0 N–H and O–H groups in total. The predicted octanol–water partition coefficient (Wildman–Crippen LogP) is 4.64. The number of unbranched alkanes of at least 4 members (excludes halogenated alkanes) is 5. The molecular weight excluding hydrogens is 232 g/mol. The van der Waals surface area contributed by atoms with Crippen LogP contribution in [0, 0.1) is 0 Å². The average Bonchev–Trinajstić information content (AvgIpc) is 2.81. The summed E-state index contributed by atoms with van der Waals surface area (Å²) in [4.78, 5) is 0. The zero-order valence-electron chi connectivity index (χ0n) is 10.6. The zero-order valence-corrected chi connectivity index (χ0v) is 11.4. The van der Waals surface area contributed by atoms with Crippen LogP contribution in [-0.4, -0.2) is 12.7 Å². The molecule has 0 spiro atoms. The minimum atomic E-state index is 0.267. The van der Waals surface area contributed by atoms with Gasteiger partial charge in [0, 0.05) is 0 Å². The van der Waals surface area contributed by atoms with Crippen molar-refractivity contribution in [1.29, 1.82) is 0 Å². The highest BCUT2D eigenvalue weighted by molar-refractivity contribution is 7.12. The van der Waals surface area contributed by atoms with Crippen LogP contribution in [0.2, 0.25) is 0 Å². The smallest absolute Gasteiger partial charge is 0.217 e. The maximum atomic E-state index is 5.89. The van der Waals surface area contributed by atoms with E-state index in [-0.39, 0.29) is 6.10 Å². The number of hydrogen-bond donors (Lipinski definition) is 0. The van der Waals surface area contributed by atoms with Gasteiger partial charge < -0.3 is 9.47 Å². The predicted molar refractivity (Wildman–Crippen MR) is 72.2 cm³/mol. The van der Waals surface area contributed by atoms with Crippen LogP contribution >= 0.6 is 11.3 Å². The summed E-state index contributed by atoms with van der Waals surface area (Å²) in [7, 11) is 0. The van der Waals surface area contributed by atoms with Crippen molar-refractivity contribution in [2.24, 2.45) is 0 Å². The minimum absolute atomic E-state index is 0.267. The summed E-state index contributed by atoms with van der Waals surface area (Å²) in [6.45, 7) is 2.98. The van der Waals surface area contributed by atoms with Gasteiger partial charge in [-0.2, -0.15) is 0 Å². The summed E-state index contributed by atoms with van der Waals surface area (Å²) in [6.07, 6.45) is 9.43. The van der Waals surface area contributed by atoms with Gasteiger partial charge >= 0.3 is 0 Å². The van der Waals surface area contributed by atoms with E-state index in [4.69, 9.17) is 9.47 Å². The summed E-state index contributed by atoms with van der Waals surface area (Å²) in [5.41, 5.74) is 0. The Balaban J connectivity index is 1.59. The van der Waals surface area contributed by atoms with Crippen molar-refractivity contribution in [3.63, 3.8) is 0 Å².